The molecule has 1 aliphatic heterocycles. The first-order valence-corrected chi connectivity index (χ1v) is 10.3. The van der Waals surface area contributed by atoms with Crippen molar-refractivity contribution >= 4 is 22.1 Å². The summed E-state index contributed by atoms with van der Waals surface area (Å²) in [4.78, 5) is 16.1. The van der Waals surface area contributed by atoms with Crippen LogP contribution in [0.4, 0.5) is 0 Å². The van der Waals surface area contributed by atoms with Gasteiger partial charge in [-0.1, -0.05) is 30.3 Å². The molecule has 0 saturated heterocycles. The molecule has 0 amide bonds. The van der Waals surface area contributed by atoms with Crippen LogP contribution in [-0.2, 0) is 6.42 Å². The summed E-state index contributed by atoms with van der Waals surface area (Å²) >= 11 is 0. The lowest BCUT2D eigenvalue weighted by Crippen LogP contribution is -2.34. The van der Waals surface area contributed by atoms with Crippen molar-refractivity contribution in [2.24, 2.45) is 0 Å². The molecule has 0 unspecified atom stereocenters. The number of pyridine rings is 2. The minimum Gasteiger partial charge on any atom is -0.470 e. The van der Waals surface area contributed by atoms with Crippen LogP contribution in [-0.4, -0.2) is 33.0 Å². The van der Waals surface area contributed by atoms with E-state index in [2.05, 4.69) is 51.6 Å². The highest BCUT2D eigenvalue weighted by Crippen LogP contribution is 2.41. The highest BCUT2D eigenvalue weighted by molar-refractivity contribution is 6.08. The van der Waals surface area contributed by atoms with Crippen LogP contribution >= 0.6 is 0 Å². The van der Waals surface area contributed by atoms with Crippen LogP contribution in [0, 0.1) is 18.3 Å². The Morgan fingerprint density at radius 1 is 1.10 bits per heavy atom. The van der Waals surface area contributed by atoms with Gasteiger partial charge in [-0.05, 0) is 31.3 Å². The Balaban J connectivity index is 1.90. The number of nitrogens with zero attached hydrogens (tertiary/aromatic N) is 4. The molecule has 2 N–H and O–H groups in total. The average Bonchev–Trinajstić information content (AvgIpc) is 3.19. The molecule has 7 heteroatoms. The van der Waals surface area contributed by atoms with Gasteiger partial charge < -0.3 is 14.7 Å². The normalized spacial score (nSPS) is 15.2. The number of hydrogen-bond acceptors (Lipinski definition) is 4. The van der Waals surface area contributed by atoms with Crippen molar-refractivity contribution in [2.75, 3.05) is 13.1 Å². The molecule has 30 heavy (non-hydrogen) atoms. The van der Waals surface area contributed by atoms with Gasteiger partial charge in [0.2, 0.25) is 0 Å². The number of aryl methyl sites for hydroxylation is 1. The summed E-state index contributed by atoms with van der Waals surface area (Å²) in [5.41, 5.74) is 4.82. The molecule has 5 rings (SSSR count). The van der Waals surface area contributed by atoms with Crippen LogP contribution in [0.2, 0.25) is 0 Å². The number of benzene rings is 1. The van der Waals surface area contributed by atoms with Crippen LogP contribution in [0.15, 0.2) is 30.3 Å². The number of aromatic amines is 2. The van der Waals surface area contributed by atoms with Gasteiger partial charge in [-0.3, -0.25) is 4.58 Å². The Morgan fingerprint density at radius 3 is 2.53 bits per heavy atom. The van der Waals surface area contributed by atoms with Gasteiger partial charge in [-0.25, -0.2) is 4.98 Å². The molecule has 3 aromatic heterocycles. The molecule has 4 aromatic rings. The summed E-state index contributed by atoms with van der Waals surface area (Å²) in [6.07, 6.45) is 0.584. The Bertz CT molecular complexity index is 1380. The fraction of sp³-hybridized carbons (Fsp3) is 0.304. The second-order valence-electron chi connectivity index (χ2n) is 7.52. The van der Waals surface area contributed by atoms with E-state index in [0.717, 1.165) is 46.5 Å². The van der Waals surface area contributed by atoms with Gasteiger partial charge in [0.15, 0.2) is 11.4 Å². The van der Waals surface area contributed by atoms with Gasteiger partial charge in [0, 0.05) is 17.4 Å². The zero-order valence-electron chi connectivity index (χ0n) is 17.3. The quantitative estimate of drug-likeness (QED) is 0.518. The lowest BCUT2D eigenvalue weighted by Gasteiger charge is -2.11. The van der Waals surface area contributed by atoms with E-state index in [4.69, 9.17) is 9.72 Å². The third-order valence-electron chi connectivity index (χ3n) is 5.80. The number of H-pyrrole nitrogens is 2. The number of ether oxygens (including phenoxy) is 1. The molecule has 0 bridgehead atoms. The molecule has 7 nitrogen and oxygen atoms in total. The summed E-state index contributed by atoms with van der Waals surface area (Å²) in [5, 5.41) is 11.9. The van der Waals surface area contributed by atoms with Crippen molar-refractivity contribution in [1.29, 1.82) is 5.26 Å². The zero-order valence-corrected chi connectivity index (χ0v) is 17.3. The second kappa shape index (κ2) is 6.99. The van der Waals surface area contributed by atoms with Crippen molar-refractivity contribution in [3.8, 4) is 11.9 Å². The molecule has 0 saturated carbocycles. The van der Waals surface area contributed by atoms with E-state index in [9.17, 15) is 5.26 Å². The van der Waals surface area contributed by atoms with Gasteiger partial charge >= 0.3 is 5.49 Å². The van der Waals surface area contributed by atoms with Gasteiger partial charge in [0.25, 0.3) is 5.65 Å². The molecular formula is C23H23N6O+. The molecule has 0 spiro atoms. The van der Waals surface area contributed by atoms with Crippen molar-refractivity contribution < 1.29 is 4.74 Å². The average molecular weight is 399 g/mol. The third-order valence-corrected chi connectivity index (χ3v) is 5.80. The fourth-order valence-corrected chi connectivity index (χ4v) is 4.38. The third kappa shape index (κ3) is 2.68. The van der Waals surface area contributed by atoms with Crippen molar-refractivity contribution in [3.05, 3.63) is 58.3 Å². The Morgan fingerprint density at radius 2 is 1.83 bits per heavy atom. The maximum atomic E-state index is 10.2. The number of nitriles is 1. The van der Waals surface area contributed by atoms with E-state index in [-0.39, 0.29) is 6.10 Å². The largest absolute Gasteiger partial charge is 0.470 e. The van der Waals surface area contributed by atoms with Gasteiger partial charge in [-0.15, -0.1) is 0 Å². The number of hydrogen-bond donors (Lipinski definition) is 2. The zero-order chi connectivity index (χ0) is 20.8. The van der Waals surface area contributed by atoms with Crippen molar-refractivity contribution in [2.45, 2.75) is 33.3 Å². The fourth-order valence-electron chi connectivity index (χ4n) is 4.38. The summed E-state index contributed by atoms with van der Waals surface area (Å²) in [5.74, 6) is 1.43. The molecule has 150 valence electrons. The SMILES string of the molecule is CC[N+](CC)=c1nc2[nH]c(C)nc3[nH]c4c(c(c1C#N)c23)C[C@H](c1ccccc1)O4. The lowest BCUT2D eigenvalue weighted by molar-refractivity contribution is 0.231. The monoisotopic (exact) mass is 399 g/mol. The summed E-state index contributed by atoms with van der Waals surface area (Å²) in [7, 11) is 0. The van der Waals surface area contributed by atoms with E-state index >= 15 is 0 Å². The molecule has 4 heterocycles. The van der Waals surface area contributed by atoms with Gasteiger partial charge in [-0.2, -0.15) is 5.26 Å². The molecule has 0 aliphatic carbocycles. The maximum absolute atomic E-state index is 10.2. The Kier molecular flexibility index (Phi) is 4.28. The number of nitrogens with one attached hydrogen (secondary N) is 2. The van der Waals surface area contributed by atoms with E-state index in [1.165, 1.54) is 0 Å². The number of aromatic nitrogens is 4. The maximum Gasteiger partial charge on any atom is 0.339 e. The van der Waals surface area contributed by atoms with Gasteiger partial charge in [0.1, 0.15) is 23.6 Å². The second-order valence-corrected chi connectivity index (χ2v) is 7.52. The molecule has 0 fully saturated rings. The predicted molar refractivity (Wildman–Crippen MR) is 115 cm³/mol. The van der Waals surface area contributed by atoms with Crippen LogP contribution in [0.3, 0.4) is 0 Å². The van der Waals surface area contributed by atoms with Crippen LogP contribution in [0.5, 0.6) is 5.88 Å². The molecule has 1 aromatic carbocycles. The molecule has 1 aliphatic rings. The Labute approximate surface area is 173 Å². The lowest BCUT2D eigenvalue weighted by atomic mass is 9.98. The van der Waals surface area contributed by atoms with E-state index in [1.807, 2.05) is 25.1 Å². The first-order chi connectivity index (χ1) is 14.6. The van der Waals surface area contributed by atoms with E-state index in [1.54, 1.807) is 0 Å². The number of fused-ring (bicyclic) bond motifs is 2. The Hall–Kier alpha value is -3.66. The van der Waals surface area contributed by atoms with Crippen molar-refractivity contribution in [3.63, 3.8) is 0 Å². The smallest absolute Gasteiger partial charge is 0.339 e. The van der Waals surface area contributed by atoms with E-state index < -0.39 is 0 Å². The highest BCUT2D eigenvalue weighted by atomic mass is 16.5. The van der Waals surface area contributed by atoms with Gasteiger partial charge in [0.05, 0.1) is 18.5 Å². The summed E-state index contributed by atoms with van der Waals surface area (Å²) in [6, 6.07) is 12.6. The number of rotatable bonds is 3. The van der Waals surface area contributed by atoms with Crippen LogP contribution < -0.4 is 14.8 Å². The highest BCUT2D eigenvalue weighted by Gasteiger charge is 2.32. The minimum atomic E-state index is -0.102. The van der Waals surface area contributed by atoms with Crippen LogP contribution in [0.25, 0.3) is 22.1 Å². The minimum absolute atomic E-state index is 0.102. The molecule has 0 radical (unpaired) electrons. The standard InChI is InChI=1S/C23H22N6O/c1-4-29(5-2)22-16(12-24)18-15-11-17(14-9-7-6-8-10-14)30-23(15)28-21-19(18)20(27-22)25-13(3)26-21/h6-10,17H,4-5,11H2,1-3H3,(H,25,26,27,28)/p+1/t17-/m1/s1. The first kappa shape index (κ1) is 18.4. The van der Waals surface area contributed by atoms with Crippen LogP contribution in [0.1, 0.15) is 42.5 Å². The molecular weight excluding hydrogens is 376 g/mol. The predicted octanol–water partition coefficient (Wildman–Crippen LogP) is 3.11. The first-order valence-electron chi connectivity index (χ1n) is 10.3. The van der Waals surface area contributed by atoms with E-state index in [0.29, 0.717) is 29.0 Å². The summed E-state index contributed by atoms with van der Waals surface area (Å²) in [6.45, 7) is 7.60. The topological polar surface area (TPSA) is 93.4 Å². The van der Waals surface area contributed by atoms with Crippen molar-refractivity contribution in [1.82, 2.24) is 24.5 Å². The molecule has 1 atom stereocenters. The summed E-state index contributed by atoms with van der Waals surface area (Å²) < 4.78 is 8.42.